The highest BCUT2D eigenvalue weighted by Crippen LogP contribution is 2.49. The predicted octanol–water partition coefficient (Wildman–Crippen LogP) is 6.60. The molecule has 1 atom stereocenters. The van der Waals surface area contributed by atoms with Crippen molar-refractivity contribution in [2.75, 3.05) is 34.4 Å². The number of carbonyl (C=O) groups is 2. The minimum atomic E-state index is -4.08. The highest BCUT2D eigenvalue weighted by molar-refractivity contribution is 7.86. The van der Waals surface area contributed by atoms with E-state index in [0.717, 1.165) is 33.9 Å². The van der Waals surface area contributed by atoms with Crippen molar-refractivity contribution in [2.24, 2.45) is 5.92 Å². The summed E-state index contributed by atoms with van der Waals surface area (Å²) in [6.07, 6.45) is 8.90. The van der Waals surface area contributed by atoms with Gasteiger partial charge in [-0.2, -0.15) is 16.8 Å². The number of hydrogen-bond donors (Lipinski definition) is 3. The monoisotopic (exact) mass is 752 g/mol. The summed E-state index contributed by atoms with van der Waals surface area (Å²) in [6, 6.07) is 15.8. The third-order valence-electron chi connectivity index (χ3n) is 10.4. The van der Waals surface area contributed by atoms with E-state index in [0.29, 0.717) is 37.1 Å². The van der Waals surface area contributed by atoms with Crippen molar-refractivity contribution < 1.29 is 40.6 Å². The Balaban J connectivity index is 1.48. The van der Waals surface area contributed by atoms with Gasteiger partial charge in [-0.3, -0.25) is 18.7 Å². The molecule has 2 aliphatic heterocycles. The lowest BCUT2D eigenvalue weighted by Crippen LogP contribution is -2.28. The highest BCUT2D eigenvalue weighted by atomic mass is 32.2. The van der Waals surface area contributed by atoms with Gasteiger partial charge in [0.2, 0.25) is 0 Å². The fourth-order valence-electron chi connectivity index (χ4n) is 7.69. The van der Waals surface area contributed by atoms with Crippen LogP contribution in [0.25, 0.3) is 0 Å². The van der Waals surface area contributed by atoms with Crippen LogP contribution in [0.1, 0.15) is 77.3 Å². The first-order chi connectivity index (χ1) is 24.3. The van der Waals surface area contributed by atoms with Crippen molar-refractivity contribution in [1.82, 2.24) is 0 Å². The molecule has 3 N–H and O–H groups in total. The van der Waals surface area contributed by atoms with E-state index in [1.54, 1.807) is 12.2 Å². The van der Waals surface area contributed by atoms with E-state index in [-0.39, 0.29) is 43.0 Å². The number of rotatable bonds is 13. The Bertz CT molecular complexity index is 1940. The summed E-state index contributed by atoms with van der Waals surface area (Å²) in [5.41, 5.74) is 5.70. The number of benzene rings is 2. The molecule has 5 rings (SSSR count). The maximum Gasteiger partial charge on any atom is 0.307 e. The van der Waals surface area contributed by atoms with Gasteiger partial charge in [0.1, 0.15) is 0 Å². The Hall–Kier alpha value is -4.04. The fraction of sp³-hybridized carbons (Fsp3) is 0.436. The number of carbonyl (C=O) groups excluding carboxylic acids is 1. The molecule has 1 fully saturated rings. The second kappa shape index (κ2) is 15.1. The van der Waals surface area contributed by atoms with Crippen molar-refractivity contribution in [3.63, 3.8) is 0 Å². The van der Waals surface area contributed by atoms with Gasteiger partial charge in [-0.25, -0.2) is 0 Å². The normalized spacial score (nSPS) is 22.8. The van der Waals surface area contributed by atoms with E-state index in [4.69, 9.17) is 0 Å². The summed E-state index contributed by atoms with van der Waals surface area (Å²) in [4.78, 5) is 30.6. The first-order valence-electron chi connectivity index (χ1n) is 17.6. The maximum absolute atomic E-state index is 14.1. The van der Waals surface area contributed by atoms with Crippen LogP contribution in [0, 0.1) is 5.92 Å². The number of carboxylic acid groups (broad SMARTS) is 1. The van der Waals surface area contributed by atoms with Crippen molar-refractivity contribution in [1.29, 1.82) is 0 Å². The zero-order chi connectivity index (χ0) is 38.1. The Kier molecular flexibility index (Phi) is 11.4. The molecule has 52 heavy (non-hydrogen) atoms. The second-order valence-corrected chi connectivity index (χ2v) is 18.0. The Labute approximate surface area is 306 Å². The third-order valence-corrected chi connectivity index (χ3v) is 12.0. The summed E-state index contributed by atoms with van der Waals surface area (Å²) in [5, 5.41) is 10.1. The average Bonchev–Trinajstić information content (AvgIpc) is 3.41. The van der Waals surface area contributed by atoms with Gasteiger partial charge in [0.25, 0.3) is 20.2 Å². The van der Waals surface area contributed by atoms with Crippen LogP contribution in [0.5, 0.6) is 0 Å². The molecule has 0 spiro atoms. The molecule has 0 bridgehead atoms. The largest absolute Gasteiger partial charge is 0.481 e. The SMILES string of the molecule is CC1(C)C(=CC=C2CC(C(=O)O)C/C(=C\C=C3\N(CCCCS(=O)(=O)O)c4ccccc4C3(C)C)C2=O)N(CCCCS(=O)(=O)O)c2ccccc21. The Morgan fingerprint density at radius 2 is 1.08 bits per heavy atom. The number of carboxylic acids is 1. The van der Waals surface area contributed by atoms with Crippen molar-refractivity contribution in [3.8, 4) is 0 Å². The van der Waals surface area contributed by atoms with Crippen LogP contribution in [0.3, 0.4) is 0 Å². The van der Waals surface area contributed by atoms with E-state index in [1.165, 1.54) is 0 Å². The van der Waals surface area contributed by atoms with E-state index >= 15 is 0 Å². The standard InChI is InChI=1S/C39H48N2O9S2/c1-38(2)30-13-5-7-15-32(30)40(21-9-11-23-51(45,46)47)34(38)19-17-27-25-29(37(43)44)26-28(36(27)42)18-20-35-39(3,4)31-14-6-8-16-33(31)41(35)22-10-12-24-52(48,49)50/h5-8,13-20,29H,9-12,21-26H2,1-4H3,(H,43,44)(H,45,46,47)(H,48,49,50)/b27-17+,28-18?,34-19+,35-20?. The predicted molar refractivity (Wildman–Crippen MR) is 203 cm³/mol. The number of para-hydroxylation sites is 2. The van der Waals surface area contributed by atoms with E-state index in [1.807, 2.05) is 60.7 Å². The summed E-state index contributed by atoms with van der Waals surface area (Å²) in [6.45, 7) is 9.27. The molecule has 2 heterocycles. The number of unbranched alkanes of at least 4 members (excludes halogenated alkanes) is 2. The minimum absolute atomic E-state index is 0.0738. The number of fused-ring (bicyclic) bond motifs is 2. The zero-order valence-corrected chi connectivity index (χ0v) is 31.7. The summed E-state index contributed by atoms with van der Waals surface area (Å²) in [7, 11) is -8.16. The van der Waals surface area contributed by atoms with E-state index in [9.17, 15) is 40.6 Å². The number of anilines is 2. The number of nitrogens with zero attached hydrogens (tertiary/aromatic N) is 2. The Morgan fingerprint density at radius 1 is 0.692 bits per heavy atom. The smallest absolute Gasteiger partial charge is 0.307 e. The quantitative estimate of drug-likeness (QED) is 0.114. The molecular weight excluding hydrogens is 705 g/mol. The number of allylic oxidation sites excluding steroid dienone is 8. The first kappa shape index (κ1) is 39.2. The molecule has 1 saturated carbocycles. The van der Waals surface area contributed by atoms with Crippen molar-refractivity contribution in [2.45, 2.75) is 77.0 Å². The zero-order valence-electron chi connectivity index (χ0n) is 30.1. The maximum atomic E-state index is 14.1. The summed E-state index contributed by atoms with van der Waals surface area (Å²) >= 11 is 0. The molecule has 280 valence electrons. The summed E-state index contributed by atoms with van der Waals surface area (Å²) in [5.74, 6) is -2.69. The van der Waals surface area contributed by atoms with Crippen LogP contribution in [-0.4, -0.2) is 67.4 Å². The number of Topliss-reactive ketones (excluding diaryl/α,β-unsaturated/α-hetero) is 1. The fourth-order valence-corrected chi connectivity index (χ4v) is 8.83. The van der Waals surface area contributed by atoms with Gasteiger partial charge in [-0.05, 0) is 73.9 Å². The molecule has 3 aliphatic rings. The summed E-state index contributed by atoms with van der Waals surface area (Å²) < 4.78 is 63.7. The van der Waals surface area contributed by atoms with Gasteiger partial charge >= 0.3 is 5.97 Å². The van der Waals surface area contributed by atoms with Crippen molar-refractivity contribution in [3.05, 3.63) is 107 Å². The van der Waals surface area contributed by atoms with Crippen LogP contribution in [0.2, 0.25) is 0 Å². The third kappa shape index (κ3) is 8.60. The molecule has 0 aromatic heterocycles. The molecular formula is C39H48N2O9S2. The highest BCUT2D eigenvalue weighted by Gasteiger charge is 2.41. The molecule has 1 unspecified atom stereocenters. The molecule has 0 saturated heterocycles. The lowest BCUT2D eigenvalue weighted by Gasteiger charge is -2.28. The first-order valence-corrected chi connectivity index (χ1v) is 20.8. The molecule has 2 aromatic carbocycles. The topological polar surface area (TPSA) is 170 Å². The number of hydrogen-bond acceptors (Lipinski definition) is 8. The van der Waals surface area contributed by atoms with Gasteiger partial charge in [-0.1, -0.05) is 76.2 Å². The molecule has 13 heteroatoms. The van der Waals surface area contributed by atoms with Gasteiger partial charge < -0.3 is 14.9 Å². The average molecular weight is 753 g/mol. The van der Waals surface area contributed by atoms with E-state index in [2.05, 4.69) is 37.5 Å². The van der Waals surface area contributed by atoms with Gasteiger partial charge in [-0.15, -0.1) is 0 Å². The lowest BCUT2D eigenvalue weighted by atomic mass is 9.79. The van der Waals surface area contributed by atoms with E-state index < -0.39 is 43.0 Å². The van der Waals surface area contributed by atoms with Gasteiger partial charge in [0.15, 0.2) is 5.78 Å². The van der Waals surface area contributed by atoms with Crippen LogP contribution in [-0.2, 0) is 40.7 Å². The van der Waals surface area contributed by atoms with Crippen LogP contribution >= 0.6 is 0 Å². The van der Waals surface area contributed by atoms with Gasteiger partial charge in [0.05, 0.1) is 17.4 Å². The second-order valence-electron chi connectivity index (χ2n) is 14.8. The number of ketones is 1. The van der Waals surface area contributed by atoms with Crippen LogP contribution < -0.4 is 9.80 Å². The van der Waals surface area contributed by atoms with Crippen LogP contribution in [0.15, 0.2) is 95.4 Å². The minimum Gasteiger partial charge on any atom is -0.481 e. The van der Waals surface area contributed by atoms with Gasteiger partial charge in [0, 0.05) is 57.8 Å². The van der Waals surface area contributed by atoms with Crippen molar-refractivity contribution >= 4 is 43.4 Å². The Morgan fingerprint density at radius 3 is 1.44 bits per heavy atom. The molecule has 0 amide bonds. The molecule has 2 aromatic rings. The van der Waals surface area contributed by atoms with Crippen LogP contribution in [0.4, 0.5) is 11.4 Å². The lowest BCUT2D eigenvalue weighted by molar-refractivity contribution is -0.142. The molecule has 11 nitrogen and oxygen atoms in total. The molecule has 1 aliphatic carbocycles. The molecule has 0 radical (unpaired) electrons. The number of aliphatic carboxylic acids is 1.